The molecular formula is C18H28N2. The smallest absolute Gasteiger partial charge is 0.00790 e. The van der Waals surface area contributed by atoms with E-state index < -0.39 is 0 Å². The number of rotatable bonds is 3. The Labute approximate surface area is 123 Å². The lowest BCUT2D eigenvalue weighted by Crippen LogP contribution is -2.45. The van der Waals surface area contributed by atoms with Crippen molar-refractivity contribution in [3.8, 4) is 0 Å². The number of benzene rings is 1. The summed E-state index contributed by atoms with van der Waals surface area (Å²) in [5.74, 6) is 0.786. The van der Waals surface area contributed by atoms with Gasteiger partial charge in [-0.3, -0.25) is 0 Å². The minimum absolute atomic E-state index is 0.663. The van der Waals surface area contributed by atoms with Crippen LogP contribution in [0.5, 0.6) is 0 Å². The van der Waals surface area contributed by atoms with Crippen molar-refractivity contribution in [2.45, 2.75) is 57.5 Å². The third kappa shape index (κ3) is 3.07. The maximum absolute atomic E-state index is 3.76. The lowest BCUT2D eigenvalue weighted by molar-refractivity contribution is 0.197. The van der Waals surface area contributed by atoms with Crippen LogP contribution in [0.3, 0.4) is 0 Å². The Balaban J connectivity index is 1.57. The first-order chi connectivity index (χ1) is 9.76. The van der Waals surface area contributed by atoms with Crippen LogP contribution in [-0.2, 0) is 6.42 Å². The molecule has 0 radical (unpaired) electrons. The van der Waals surface area contributed by atoms with E-state index >= 15 is 0 Å². The molecule has 0 amide bonds. The Bertz CT molecular complexity index is 443. The largest absolute Gasteiger partial charge is 0.311 e. The third-order valence-corrected chi connectivity index (χ3v) is 5.12. The van der Waals surface area contributed by atoms with Gasteiger partial charge in [0.05, 0.1) is 0 Å². The van der Waals surface area contributed by atoms with E-state index in [2.05, 4.69) is 48.3 Å². The van der Waals surface area contributed by atoms with E-state index in [4.69, 9.17) is 0 Å². The lowest BCUT2D eigenvalue weighted by Gasteiger charge is -2.37. The van der Waals surface area contributed by atoms with E-state index in [1.165, 1.54) is 45.3 Å². The van der Waals surface area contributed by atoms with Gasteiger partial charge in [0, 0.05) is 24.5 Å². The lowest BCUT2D eigenvalue weighted by atomic mass is 9.77. The standard InChI is InChI=1S/C18H28N2/c1-3-17-9-11-20(10-8-14(2)19-17)13-16-12-15-6-4-5-7-18(15)16/h4-7,14,16-17,19H,3,8-13H2,1-2H3. The normalized spacial score (nSPS) is 31.0. The van der Waals surface area contributed by atoms with Crippen LogP contribution in [0.25, 0.3) is 0 Å². The quantitative estimate of drug-likeness (QED) is 0.909. The van der Waals surface area contributed by atoms with Gasteiger partial charge in [-0.2, -0.15) is 0 Å². The van der Waals surface area contributed by atoms with Crippen LogP contribution in [0.4, 0.5) is 0 Å². The van der Waals surface area contributed by atoms with Crippen LogP contribution in [0.15, 0.2) is 24.3 Å². The van der Waals surface area contributed by atoms with Crippen molar-refractivity contribution in [1.29, 1.82) is 0 Å². The molecule has 0 aromatic heterocycles. The Hall–Kier alpha value is -0.860. The molecule has 2 aliphatic rings. The second kappa shape index (κ2) is 6.28. The average Bonchev–Trinajstić information content (AvgIpc) is 2.42. The summed E-state index contributed by atoms with van der Waals surface area (Å²) < 4.78 is 0. The van der Waals surface area contributed by atoms with Crippen LogP contribution in [0.1, 0.15) is 50.2 Å². The number of nitrogens with one attached hydrogen (secondary N) is 1. The molecule has 1 saturated heterocycles. The van der Waals surface area contributed by atoms with Crippen LogP contribution < -0.4 is 5.32 Å². The maximum atomic E-state index is 3.76. The van der Waals surface area contributed by atoms with Crippen molar-refractivity contribution >= 4 is 0 Å². The first kappa shape index (κ1) is 14.1. The highest BCUT2D eigenvalue weighted by atomic mass is 15.1. The second-order valence-corrected chi connectivity index (χ2v) is 6.65. The Kier molecular flexibility index (Phi) is 4.42. The fourth-order valence-electron chi connectivity index (χ4n) is 3.74. The molecule has 20 heavy (non-hydrogen) atoms. The zero-order valence-corrected chi connectivity index (χ0v) is 12.9. The second-order valence-electron chi connectivity index (χ2n) is 6.65. The zero-order chi connectivity index (χ0) is 13.9. The monoisotopic (exact) mass is 272 g/mol. The molecule has 2 heteroatoms. The highest BCUT2D eigenvalue weighted by molar-refractivity contribution is 5.40. The highest BCUT2D eigenvalue weighted by Gasteiger charge is 2.28. The Morgan fingerprint density at radius 3 is 2.80 bits per heavy atom. The molecule has 2 nitrogen and oxygen atoms in total. The summed E-state index contributed by atoms with van der Waals surface area (Å²) in [5, 5.41) is 3.76. The molecule has 3 unspecified atom stereocenters. The number of hydrogen-bond acceptors (Lipinski definition) is 2. The van der Waals surface area contributed by atoms with E-state index in [1.54, 1.807) is 11.1 Å². The molecule has 0 spiro atoms. The molecule has 1 aromatic rings. The molecule has 1 heterocycles. The van der Waals surface area contributed by atoms with E-state index in [9.17, 15) is 0 Å². The van der Waals surface area contributed by atoms with E-state index in [1.807, 2.05) is 0 Å². The first-order valence-corrected chi connectivity index (χ1v) is 8.32. The van der Waals surface area contributed by atoms with Crippen molar-refractivity contribution in [3.63, 3.8) is 0 Å². The van der Waals surface area contributed by atoms with Gasteiger partial charge in [0.25, 0.3) is 0 Å². The third-order valence-electron chi connectivity index (χ3n) is 5.12. The highest BCUT2D eigenvalue weighted by Crippen LogP contribution is 2.35. The number of hydrogen-bond donors (Lipinski definition) is 1. The molecule has 1 N–H and O–H groups in total. The van der Waals surface area contributed by atoms with Crippen LogP contribution in [0, 0.1) is 0 Å². The van der Waals surface area contributed by atoms with Crippen molar-refractivity contribution in [2.24, 2.45) is 0 Å². The summed E-state index contributed by atoms with van der Waals surface area (Å²) in [7, 11) is 0. The molecular weight excluding hydrogens is 244 g/mol. The van der Waals surface area contributed by atoms with Gasteiger partial charge in [0.1, 0.15) is 0 Å². The van der Waals surface area contributed by atoms with Gasteiger partial charge in [-0.15, -0.1) is 0 Å². The Morgan fingerprint density at radius 2 is 2.00 bits per heavy atom. The number of nitrogens with zero attached hydrogens (tertiary/aromatic N) is 1. The maximum Gasteiger partial charge on any atom is 0.00790 e. The van der Waals surface area contributed by atoms with Gasteiger partial charge < -0.3 is 10.2 Å². The SMILES string of the molecule is CCC1CCN(CC2Cc3ccccc32)CCC(C)N1. The van der Waals surface area contributed by atoms with Crippen molar-refractivity contribution in [3.05, 3.63) is 35.4 Å². The van der Waals surface area contributed by atoms with Crippen LogP contribution in [-0.4, -0.2) is 36.6 Å². The molecule has 110 valence electrons. The van der Waals surface area contributed by atoms with Gasteiger partial charge in [-0.1, -0.05) is 31.2 Å². The van der Waals surface area contributed by atoms with Gasteiger partial charge in [-0.05, 0) is 56.8 Å². The van der Waals surface area contributed by atoms with Crippen molar-refractivity contribution in [2.75, 3.05) is 19.6 Å². The molecule has 3 rings (SSSR count). The first-order valence-electron chi connectivity index (χ1n) is 8.32. The van der Waals surface area contributed by atoms with Crippen LogP contribution >= 0.6 is 0 Å². The average molecular weight is 272 g/mol. The summed E-state index contributed by atoms with van der Waals surface area (Å²) >= 11 is 0. The molecule has 1 aliphatic heterocycles. The van der Waals surface area contributed by atoms with Crippen molar-refractivity contribution in [1.82, 2.24) is 10.2 Å². The fourth-order valence-corrected chi connectivity index (χ4v) is 3.74. The predicted octanol–water partition coefficient (Wildman–Crippen LogP) is 3.18. The Morgan fingerprint density at radius 1 is 1.20 bits per heavy atom. The minimum Gasteiger partial charge on any atom is -0.311 e. The van der Waals surface area contributed by atoms with E-state index in [0.717, 1.165) is 5.92 Å². The van der Waals surface area contributed by atoms with Gasteiger partial charge in [0.15, 0.2) is 0 Å². The fraction of sp³-hybridized carbons (Fsp3) is 0.667. The molecule has 1 aromatic carbocycles. The van der Waals surface area contributed by atoms with E-state index in [-0.39, 0.29) is 0 Å². The summed E-state index contributed by atoms with van der Waals surface area (Å²) in [4.78, 5) is 2.71. The van der Waals surface area contributed by atoms with Crippen molar-refractivity contribution < 1.29 is 0 Å². The van der Waals surface area contributed by atoms with E-state index in [0.29, 0.717) is 12.1 Å². The molecule has 0 saturated carbocycles. The van der Waals surface area contributed by atoms with Gasteiger partial charge in [0.2, 0.25) is 0 Å². The molecule has 1 aliphatic carbocycles. The topological polar surface area (TPSA) is 15.3 Å². The molecule has 3 atom stereocenters. The summed E-state index contributed by atoms with van der Waals surface area (Å²) in [6.45, 7) is 8.42. The molecule has 0 bridgehead atoms. The van der Waals surface area contributed by atoms with Crippen LogP contribution in [0.2, 0.25) is 0 Å². The summed E-state index contributed by atoms with van der Waals surface area (Å²) in [6, 6.07) is 10.4. The summed E-state index contributed by atoms with van der Waals surface area (Å²) in [6.07, 6.45) is 5.13. The van der Waals surface area contributed by atoms with Gasteiger partial charge in [-0.25, -0.2) is 0 Å². The number of fused-ring (bicyclic) bond motifs is 1. The predicted molar refractivity (Wildman–Crippen MR) is 85.2 cm³/mol. The van der Waals surface area contributed by atoms with Gasteiger partial charge >= 0.3 is 0 Å². The summed E-state index contributed by atoms with van der Waals surface area (Å²) in [5.41, 5.74) is 3.18. The minimum atomic E-state index is 0.663. The molecule has 1 fully saturated rings. The zero-order valence-electron chi connectivity index (χ0n) is 12.9.